The molecule has 0 aliphatic carbocycles. The van der Waals surface area contributed by atoms with Gasteiger partial charge in [-0.25, -0.2) is 0 Å². The van der Waals surface area contributed by atoms with Gasteiger partial charge in [0.05, 0.1) is 18.1 Å². The van der Waals surface area contributed by atoms with E-state index in [-0.39, 0.29) is 17.0 Å². The average Bonchev–Trinajstić information content (AvgIpc) is 2.25. The normalized spacial score (nSPS) is 13.2. The van der Waals surface area contributed by atoms with Gasteiger partial charge in [0.25, 0.3) is 5.69 Å². The quantitative estimate of drug-likeness (QED) is 0.658. The number of ether oxygens (including phenoxy) is 1. The highest BCUT2D eigenvalue weighted by molar-refractivity contribution is 5.46. The zero-order valence-corrected chi connectivity index (χ0v) is 8.69. The Kier molecular flexibility index (Phi) is 3.56. The van der Waals surface area contributed by atoms with Gasteiger partial charge in [0, 0.05) is 11.6 Å². The van der Waals surface area contributed by atoms with Crippen molar-refractivity contribution in [3.8, 4) is 5.75 Å². The summed E-state index contributed by atoms with van der Waals surface area (Å²) in [6.45, 7) is 0. The van der Waals surface area contributed by atoms with Gasteiger partial charge < -0.3 is 10.5 Å². The van der Waals surface area contributed by atoms with Crippen LogP contribution in [-0.2, 0) is 0 Å². The lowest BCUT2D eigenvalue weighted by molar-refractivity contribution is -0.385. The number of non-ortho nitro benzene ring substituents is 1. The summed E-state index contributed by atoms with van der Waals surface area (Å²) in [6.07, 6.45) is -4.64. The van der Waals surface area contributed by atoms with Crippen molar-refractivity contribution in [2.45, 2.75) is 12.2 Å². The maximum atomic E-state index is 12.4. The number of nitro benzene ring substituents is 1. The first kappa shape index (κ1) is 13.2. The van der Waals surface area contributed by atoms with Crippen molar-refractivity contribution in [2.24, 2.45) is 5.73 Å². The summed E-state index contributed by atoms with van der Waals surface area (Å²) < 4.78 is 41.9. The molecule has 0 aliphatic rings. The van der Waals surface area contributed by atoms with Crippen LogP contribution in [0.2, 0.25) is 0 Å². The SMILES string of the molecule is COc1cc([N+](=O)[O-])ccc1[C@H](N)C(F)(F)F. The van der Waals surface area contributed by atoms with E-state index >= 15 is 0 Å². The molecule has 1 atom stereocenters. The number of halogens is 3. The van der Waals surface area contributed by atoms with Crippen molar-refractivity contribution in [1.29, 1.82) is 0 Å². The molecule has 1 aromatic rings. The molecule has 17 heavy (non-hydrogen) atoms. The van der Waals surface area contributed by atoms with Gasteiger partial charge in [-0.15, -0.1) is 0 Å². The fraction of sp³-hybridized carbons (Fsp3) is 0.333. The second-order valence-electron chi connectivity index (χ2n) is 3.20. The smallest absolute Gasteiger partial charge is 0.407 e. The maximum absolute atomic E-state index is 12.4. The second-order valence-corrected chi connectivity index (χ2v) is 3.20. The fourth-order valence-corrected chi connectivity index (χ4v) is 1.25. The highest BCUT2D eigenvalue weighted by Crippen LogP contribution is 2.36. The number of methoxy groups -OCH3 is 1. The lowest BCUT2D eigenvalue weighted by atomic mass is 10.1. The van der Waals surface area contributed by atoms with E-state index in [1.54, 1.807) is 0 Å². The Hall–Kier alpha value is -1.83. The van der Waals surface area contributed by atoms with Crippen LogP contribution in [0.3, 0.4) is 0 Å². The molecule has 1 aromatic carbocycles. The Labute approximate surface area is 94.1 Å². The number of nitrogens with two attached hydrogens (primary N) is 1. The predicted molar refractivity (Wildman–Crippen MR) is 52.6 cm³/mol. The number of rotatable bonds is 3. The molecule has 0 bridgehead atoms. The summed E-state index contributed by atoms with van der Waals surface area (Å²) in [6, 6.07) is 0.553. The summed E-state index contributed by atoms with van der Waals surface area (Å²) in [5, 5.41) is 10.4. The zero-order valence-electron chi connectivity index (χ0n) is 8.69. The van der Waals surface area contributed by atoms with Crippen molar-refractivity contribution in [3.63, 3.8) is 0 Å². The minimum Gasteiger partial charge on any atom is -0.496 e. The number of hydrogen-bond donors (Lipinski definition) is 1. The number of hydrogen-bond acceptors (Lipinski definition) is 4. The molecule has 94 valence electrons. The Morgan fingerprint density at radius 3 is 2.47 bits per heavy atom. The number of nitro groups is 1. The first-order chi connectivity index (χ1) is 7.77. The molecule has 0 spiro atoms. The largest absolute Gasteiger partial charge is 0.496 e. The average molecular weight is 250 g/mol. The standard InChI is InChI=1S/C9H9F3N2O3/c1-17-7-4-5(14(15)16)2-3-6(7)8(13)9(10,11)12/h2-4,8H,13H2,1H3/t8-/m0/s1. The fourth-order valence-electron chi connectivity index (χ4n) is 1.25. The molecule has 1 rings (SSSR count). The topological polar surface area (TPSA) is 78.4 Å². The predicted octanol–water partition coefficient (Wildman–Crippen LogP) is 2.17. The maximum Gasteiger partial charge on any atom is 0.407 e. The molecule has 0 radical (unpaired) electrons. The van der Waals surface area contributed by atoms with Crippen LogP contribution in [0.4, 0.5) is 18.9 Å². The van der Waals surface area contributed by atoms with Gasteiger partial charge in [-0.2, -0.15) is 13.2 Å². The van der Waals surface area contributed by atoms with Crippen LogP contribution in [0.5, 0.6) is 5.75 Å². The number of alkyl halides is 3. The monoisotopic (exact) mass is 250 g/mol. The molecule has 5 nitrogen and oxygen atoms in total. The van der Waals surface area contributed by atoms with Crippen molar-refractivity contribution in [3.05, 3.63) is 33.9 Å². The molecular weight excluding hydrogens is 241 g/mol. The summed E-state index contributed by atoms with van der Waals surface area (Å²) in [5.41, 5.74) is 4.30. The second kappa shape index (κ2) is 4.58. The van der Waals surface area contributed by atoms with Gasteiger partial charge in [-0.3, -0.25) is 10.1 Å². The van der Waals surface area contributed by atoms with Gasteiger partial charge in [0.2, 0.25) is 0 Å². The van der Waals surface area contributed by atoms with Gasteiger partial charge >= 0.3 is 6.18 Å². The third-order valence-electron chi connectivity index (χ3n) is 2.12. The molecule has 0 heterocycles. The summed E-state index contributed by atoms with van der Waals surface area (Å²) in [5.74, 6) is -0.260. The van der Waals surface area contributed by atoms with Crippen molar-refractivity contribution in [2.75, 3.05) is 7.11 Å². The van der Waals surface area contributed by atoms with E-state index in [1.807, 2.05) is 0 Å². The lowest BCUT2D eigenvalue weighted by Gasteiger charge is -2.18. The van der Waals surface area contributed by atoms with Crippen LogP contribution in [-0.4, -0.2) is 18.2 Å². The third kappa shape index (κ3) is 2.84. The van der Waals surface area contributed by atoms with Gasteiger partial charge in [0.1, 0.15) is 11.8 Å². The van der Waals surface area contributed by atoms with Crippen molar-refractivity contribution < 1.29 is 22.8 Å². The van der Waals surface area contributed by atoms with E-state index in [4.69, 9.17) is 5.73 Å². The first-order valence-electron chi connectivity index (χ1n) is 4.42. The Morgan fingerprint density at radius 2 is 2.06 bits per heavy atom. The Bertz CT molecular complexity index is 434. The number of nitrogens with zero attached hydrogens (tertiary/aromatic N) is 1. The third-order valence-corrected chi connectivity index (χ3v) is 2.12. The molecule has 0 amide bonds. The summed E-state index contributed by atoms with van der Waals surface area (Å²) in [7, 11) is 1.12. The van der Waals surface area contributed by atoms with E-state index < -0.39 is 17.1 Å². The van der Waals surface area contributed by atoms with E-state index in [0.29, 0.717) is 0 Å². The molecular formula is C9H9F3N2O3. The molecule has 0 fully saturated rings. The van der Waals surface area contributed by atoms with Gasteiger partial charge in [-0.05, 0) is 6.07 Å². The Morgan fingerprint density at radius 1 is 1.47 bits per heavy atom. The first-order valence-corrected chi connectivity index (χ1v) is 4.42. The zero-order chi connectivity index (χ0) is 13.2. The van der Waals surface area contributed by atoms with Crippen LogP contribution < -0.4 is 10.5 Å². The molecule has 0 aliphatic heterocycles. The lowest BCUT2D eigenvalue weighted by Crippen LogP contribution is -2.28. The van der Waals surface area contributed by atoms with E-state index in [9.17, 15) is 23.3 Å². The minimum absolute atomic E-state index is 0.260. The van der Waals surface area contributed by atoms with E-state index in [2.05, 4.69) is 4.74 Å². The van der Waals surface area contributed by atoms with Crippen molar-refractivity contribution in [1.82, 2.24) is 0 Å². The highest BCUT2D eigenvalue weighted by Gasteiger charge is 2.39. The van der Waals surface area contributed by atoms with Crippen LogP contribution in [0.15, 0.2) is 18.2 Å². The van der Waals surface area contributed by atoms with E-state index in [0.717, 1.165) is 25.3 Å². The molecule has 2 N–H and O–H groups in total. The summed E-state index contributed by atoms with van der Waals surface area (Å²) in [4.78, 5) is 9.71. The van der Waals surface area contributed by atoms with E-state index in [1.165, 1.54) is 0 Å². The molecule has 0 aromatic heterocycles. The Balaban J connectivity index is 3.22. The molecule has 8 heteroatoms. The summed E-state index contributed by atoms with van der Waals surface area (Å²) >= 11 is 0. The molecule has 0 unspecified atom stereocenters. The molecule has 0 saturated carbocycles. The van der Waals surface area contributed by atoms with Crippen LogP contribution in [0.25, 0.3) is 0 Å². The number of benzene rings is 1. The van der Waals surface area contributed by atoms with Crippen LogP contribution >= 0.6 is 0 Å². The highest BCUT2D eigenvalue weighted by atomic mass is 19.4. The van der Waals surface area contributed by atoms with Crippen LogP contribution in [0.1, 0.15) is 11.6 Å². The van der Waals surface area contributed by atoms with Gasteiger partial charge in [-0.1, -0.05) is 0 Å². The minimum atomic E-state index is -4.64. The molecule has 0 saturated heterocycles. The van der Waals surface area contributed by atoms with Crippen LogP contribution in [0, 0.1) is 10.1 Å². The van der Waals surface area contributed by atoms with Crippen molar-refractivity contribution >= 4 is 5.69 Å². The van der Waals surface area contributed by atoms with Gasteiger partial charge in [0.15, 0.2) is 0 Å².